The highest BCUT2D eigenvalue weighted by atomic mass is 19.3. The molecule has 180 valence electrons. The number of nitrogens with zero attached hydrogens (tertiary/aromatic N) is 3. The van der Waals surface area contributed by atoms with Gasteiger partial charge in [-0.15, -0.1) is 0 Å². The van der Waals surface area contributed by atoms with E-state index >= 15 is 0 Å². The van der Waals surface area contributed by atoms with Crippen molar-refractivity contribution < 1.29 is 38.3 Å². The van der Waals surface area contributed by atoms with Gasteiger partial charge in [0.25, 0.3) is 12.0 Å². The number of hydrogen-bond acceptors (Lipinski definition) is 9. The number of fused-ring (bicyclic) bond motifs is 2. The van der Waals surface area contributed by atoms with Crippen LogP contribution in [0, 0.1) is 11.8 Å². The topological polar surface area (TPSA) is 128 Å². The fraction of sp³-hybridized carbons (Fsp3) is 0.900. The molecule has 12 heteroatoms. The van der Waals surface area contributed by atoms with E-state index in [2.05, 4.69) is 15.3 Å². The molecule has 5 rings (SSSR count). The molecule has 0 aromatic carbocycles. The number of nitrogens with one attached hydrogen (secondary N) is 1. The molecule has 10 atom stereocenters. The SMILES string of the molecule is CN=C1NC2C(CC(C(F)F)C(O)C2OC2C(CO)C(O)CC3N=C(N4CCC4)OC32)O1. The van der Waals surface area contributed by atoms with Crippen LogP contribution in [-0.2, 0) is 14.2 Å². The monoisotopic (exact) mass is 460 g/mol. The molecule has 2 aliphatic carbocycles. The molecule has 5 aliphatic rings. The van der Waals surface area contributed by atoms with Crippen LogP contribution in [0.15, 0.2) is 9.98 Å². The third kappa shape index (κ3) is 3.61. The van der Waals surface area contributed by atoms with Gasteiger partial charge in [0.1, 0.15) is 18.3 Å². The van der Waals surface area contributed by atoms with Crippen LogP contribution in [0.25, 0.3) is 0 Å². The number of likely N-dealkylation sites (tertiary alicyclic amines) is 1. The molecule has 0 radical (unpaired) electrons. The fourth-order valence-electron chi connectivity index (χ4n) is 5.43. The van der Waals surface area contributed by atoms with Gasteiger partial charge < -0.3 is 39.7 Å². The molecule has 4 fully saturated rings. The average Bonchev–Trinajstić information content (AvgIpc) is 3.31. The lowest BCUT2D eigenvalue weighted by atomic mass is 9.77. The number of amidine groups is 2. The second-order valence-corrected chi connectivity index (χ2v) is 9.20. The van der Waals surface area contributed by atoms with Crippen molar-refractivity contribution in [3.8, 4) is 0 Å². The first kappa shape index (κ1) is 22.1. The number of hydrogen-bond donors (Lipinski definition) is 4. The zero-order valence-corrected chi connectivity index (χ0v) is 17.8. The van der Waals surface area contributed by atoms with E-state index in [9.17, 15) is 24.1 Å². The minimum atomic E-state index is -2.76. The van der Waals surface area contributed by atoms with Gasteiger partial charge in [-0.2, -0.15) is 0 Å². The lowest BCUT2D eigenvalue weighted by molar-refractivity contribution is -0.210. The summed E-state index contributed by atoms with van der Waals surface area (Å²) in [6.07, 6.45) is -7.00. The summed E-state index contributed by atoms with van der Waals surface area (Å²) in [5.74, 6) is -2.05. The molecule has 3 aliphatic heterocycles. The van der Waals surface area contributed by atoms with E-state index in [1.54, 1.807) is 0 Å². The molecule has 2 saturated heterocycles. The van der Waals surface area contributed by atoms with E-state index in [-0.39, 0.29) is 25.1 Å². The standard InChI is InChI=1S/C20H30F2N4O6/c1-23-19-25-13-12(30-19)5-8(18(21)22)14(29)17(13)31-15-9(7-27)11(28)6-10-16(15)32-20(24-10)26-3-2-4-26/h8-18,27-29H,2-7H2,1H3,(H,23,25). The van der Waals surface area contributed by atoms with E-state index < -0.39 is 60.9 Å². The molecular weight excluding hydrogens is 430 g/mol. The lowest BCUT2D eigenvalue weighted by Crippen LogP contribution is -2.63. The van der Waals surface area contributed by atoms with Crippen LogP contribution in [0.2, 0.25) is 0 Å². The summed E-state index contributed by atoms with van der Waals surface area (Å²) >= 11 is 0. The molecule has 0 spiro atoms. The normalized spacial score (nSPS) is 46.7. The number of aliphatic hydroxyl groups is 3. The van der Waals surface area contributed by atoms with Crippen molar-refractivity contribution in [2.75, 3.05) is 26.7 Å². The smallest absolute Gasteiger partial charge is 0.288 e. The Labute approximate surface area is 184 Å². The van der Waals surface area contributed by atoms with E-state index in [1.807, 2.05) is 4.90 Å². The van der Waals surface area contributed by atoms with Crippen LogP contribution < -0.4 is 5.32 Å². The largest absolute Gasteiger partial charge is 0.460 e. The zero-order chi connectivity index (χ0) is 22.6. The minimum Gasteiger partial charge on any atom is -0.460 e. The molecule has 2 saturated carbocycles. The Balaban J connectivity index is 1.41. The summed E-state index contributed by atoms with van der Waals surface area (Å²) in [6.45, 7) is 1.28. The van der Waals surface area contributed by atoms with Crippen molar-refractivity contribution in [3.63, 3.8) is 0 Å². The van der Waals surface area contributed by atoms with Crippen LogP contribution in [0.4, 0.5) is 8.78 Å². The number of aliphatic hydroxyl groups excluding tert-OH is 3. The summed E-state index contributed by atoms with van der Waals surface area (Å²) in [6, 6.07) is -0.290. The highest BCUT2D eigenvalue weighted by Gasteiger charge is 2.57. The van der Waals surface area contributed by atoms with Crippen molar-refractivity contribution in [2.24, 2.45) is 21.8 Å². The number of alkyl halides is 2. The van der Waals surface area contributed by atoms with Gasteiger partial charge >= 0.3 is 0 Å². The number of ether oxygens (including phenoxy) is 3. The van der Waals surface area contributed by atoms with Crippen LogP contribution >= 0.6 is 0 Å². The van der Waals surface area contributed by atoms with Gasteiger partial charge in [-0.3, -0.25) is 0 Å². The Morgan fingerprint density at radius 3 is 2.66 bits per heavy atom. The highest BCUT2D eigenvalue weighted by Crippen LogP contribution is 2.41. The summed E-state index contributed by atoms with van der Waals surface area (Å²) < 4.78 is 45.4. The van der Waals surface area contributed by atoms with E-state index in [0.29, 0.717) is 12.4 Å². The van der Waals surface area contributed by atoms with Gasteiger partial charge in [0.15, 0.2) is 6.10 Å². The van der Waals surface area contributed by atoms with Gasteiger partial charge in [-0.25, -0.2) is 18.8 Å². The number of rotatable bonds is 4. The Hall–Kier alpha value is -1.76. The Kier molecular flexibility index (Phi) is 5.89. The molecule has 0 amide bonds. The Morgan fingerprint density at radius 2 is 2.03 bits per heavy atom. The first-order valence-corrected chi connectivity index (χ1v) is 11.2. The maximum Gasteiger partial charge on any atom is 0.288 e. The van der Waals surface area contributed by atoms with Gasteiger partial charge in [-0.1, -0.05) is 0 Å². The Bertz CT molecular complexity index is 768. The molecule has 4 N–H and O–H groups in total. The lowest BCUT2D eigenvalue weighted by Gasteiger charge is -2.46. The van der Waals surface area contributed by atoms with Crippen molar-refractivity contribution >= 4 is 12.0 Å². The van der Waals surface area contributed by atoms with Gasteiger partial charge in [0.05, 0.1) is 36.8 Å². The third-order valence-electron chi connectivity index (χ3n) is 7.39. The summed E-state index contributed by atoms with van der Waals surface area (Å²) in [7, 11) is 1.52. The summed E-state index contributed by atoms with van der Waals surface area (Å²) in [5, 5.41) is 34.5. The quantitative estimate of drug-likeness (QED) is 0.418. The van der Waals surface area contributed by atoms with E-state index in [0.717, 1.165) is 19.5 Å². The highest BCUT2D eigenvalue weighted by molar-refractivity contribution is 5.77. The van der Waals surface area contributed by atoms with Crippen molar-refractivity contribution in [1.82, 2.24) is 10.2 Å². The number of halogens is 2. The second kappa shape index (κ2) is 8.54. The molecule has 10 unspecified atom stereocenters. The molecule has 0 aromatic heterocycles. The van der Waals surface area contributed by atoms with Crippen molar-refractivity contribution in [2.45, 2.75) is 74.4 Å². The maximum atomic E-state index is 13.7. The molecule has 10 nitrogen and oxygen atoms in total. The van der Waals surface area contributed by atoms with Crippen LogP contribution in [0.3, 0.4) is 0 Å². The fourth-order valence-corrected chi connectivity index (χ4v) is 5.43. The van der Waals surface area contributed by atoms with E-state index in [1.165, 1.54) is 7.05 Å². The minimum absolute atomic E-state index is 0.0448. The summed E-state index contributed by atoms with van der Waals surface area (Å²) in [5.41, 5.74) is 0. The van der Waals surface area contributed by atoms with Gasteiger partial charge in [0.2, 0.25) is 6.43 Å². The molecule has 32 heavy (non-hydrogen) atoms. The molecule has 0 bridgehead atoms. The first-order chi connectivity index (χ1) is 15.4. The van der Waals surface area contributed by atoms with Gasteiger partial charge in [0, 0.05) is 32.5 Å². The zero-order valence-electron chi connectivity index (χ0n) is 17.8. The van der Waals surface area contributed by atoms with Crippen LogP contribution in [0.1, 0.15) is 19.3 Å². The van der Waals surface area contributed by atoms with E-state index in [4.69, 9.17) is 14.2 Å². The third-order valence-corrected chi connectivity index (χ3v) is 7.39. The Morgan fingerprint density at radius 1 is 1.25 bits per heavy atom. The summed E-state index contributed by atoms with van der Waals surface area (Å²) in [4.78, 5) is 10.6. The molecular formula is C20H30F2N4O6. The maximum absolute atomic E-state index is 13.7. The number of aliphatic imine (C=N–C) groups is 2. The molecule has 3 heterocycles. The molecule has 0 aromatic rings. The predicted molar refractivity (Wildman–Crippen MR) is 107 cm³/mol. The van der Waals surface area contributed by atoms with Crippen molar-refractivity contribution in [1.29, 1.82) is 0 Å². The average molecular weight is 460 g/mol. The van der Waals surface area contributed by atoms with Crippen LogP contribution in [-0.4, -0.2) is 114 Å². The first-order valence-electron chi connectivity index (χ1n) is 11.2. The second-order valence-electron chi connectivity index (χ2n) is 9.20. The van der Waals surface area contributed by atoms with Gasteiger partial charge in [-0.05, 0) is 12.8 Å². The van der Waals surface area contributed by atoms with Crippen LogP contribution in [0.5, 0.6) is 0 Å². The van der Waals surface area contributed by atoms with Crippen molar-refractivity contribution in [3.05, 3.63) is 0 Å². The predicted octanol–water partition coefficient (Wildman–Crippen LogP) is -1.07.